The van der Waals surface area contributed by atoms with Crippen molar-refractivity contribution in [3.05, 3.63) is 26.5 Å². The summed E-state index contributed by atoms with van der Waals surface area (Å²) in [7, 11) is 0. The minimum Gasteiger partial charge on any atom is -0.502 e. The molecule has 2 atom stereocenters. The van der Waals surface area contributed by atoms with Gasteiger partial charge in [-0.25, -0.2) is 4.79 Å². The summed E-state index contributed by atoms with van der Waals surface area (Å²) < 4.78 is 1.71. The maximum atomic E-state index is 12.2. The summed E-state index contributed by atoms with van der Waals surface area (Å²) in [6.45, 7) is 0.867. The van der Waals surface area contributed by atoms with E-state index in [0.717, 1.165) is 4.57 Å². The molecule has 0 radical (unpaired) electrons. The maximum absolute atomic E-state index is 12.2. The lowest BCUT2D eigenvalue weighted by atomic mass is 10.3. The predicted molar refractivity (Wildman–Crippen MR) is 74.8 cm³/mol. The van der Waals surface area contributed by atoms with E-state index in [2.05, 4.69) is 0 Å². The van der Waals surface area contributed by atoms with E-state index in [4.69, 9.17) is 23.2 Å². The third kappa shape index (κ3) is 3.54. The molecule has 0 aliphatic rings. The Bertz CT molecular complexity index is 583. The molecule has 0 fully saturated rings. The van der Waals surface area contributed by atoms with E-state index in [-0.39, 0.29) is 30.5 Å². The third-order valence-corrected chi connectivity index (χ3v) is 3.51. The van der Waals surface area contributed by atoms with Gasteiger partial charge in [0.05, 0.1) is 42.8 Å². The molecular weight excluding hydrogens is 311 g/mol. The molecule has 9 heteroatoms. The highest BCUT2D eigenvalue weighted by Crippen LogP contribution is 2.08. The standard InChI is InChI=1S/C11H16Cl2N2O5/c1-6-9(18)10(19)15(5-8(17)3-13)11(20)14(6)4-7(16)2-12/h7-8,16-18H,2-5H2,1H3. The van der Waals surface area contributed by atoms with Crippen LogP contribution in [-0.2, 0) is 13.1 Å². The van der Waals surface area contributed by atoms with Gasteiger partial charge in [0.15, 0.2) is 0 Å². The minimum absolute atomic E-state index is 0.0285. The fourth-order valence-electron chi connectivity index (χ4n) is 1.68. The van der Waals surface area contributed by atoms with Crippen molar-refractivity contribution in [1.82, 2.24) is 9.13 Å². The molecule has 0 amide bonds. The first-order chi connectivity index (χ1) is 9.33. The van der Waals surface area contributed by atoms with Crippen LogP contribution in [-0.4, -0.2) is 48.4 Å². The van der Waals surface area contributed by atoms with Gasteiger partial charge in [-0.3, -0.25) is 13.9 Å². The first-order valence-corrected chi connectivity index (χ1v) is 6.91. The molecule has 0 saturated heterocycles. The monoisotopic (exact) mass is 326 g/mol. The van der Waals surface area contributed by atoms with Crippen molar-refractivity contribution < 1.29 is 15.3 Å². The molecule has 2 unspecified atom stereocenters. The topological polar surface area (TPSA) is 105 Å². The van der Waals surface area contributed by atoms with Gasteiger partial charge in [-0.05, 0) is 6.92 Å². The summed E-state index contributed by atoms with van der Waals surface area (Å²) in [4.78, 5) is 24.0. The van der Waals surface area contributed by atoms with Gasteiger partial charge in [0, 0.05) is 0 Å². The number of hydrogen-bond donors (Lipinski definition) is 3. The van der Waals surface area contributed by atoms with Crippen molar-refractivity contribution in [3.8, 4) is 5.75 Å². The summed E-state index contributed by atoms with van der Waals surface area (Å²) >= 11 is 10.9. The molecule has 0 aromatic carbocycles. The SMILES string of the molecule is Cc1c(O)c(=O)n(CC(O)CCl)c(=O)n1CC(O)CCl. The Morgan fingerprint density at radius 2 is 1.50 bits per heavy atom. The van der Waals surface area contributed by atoms with Crippen LogP contribution in [0.2, 0.25) is 0 Å². The largest absolute Gasteiger partial charge is 0.502 e. The summed E-state index contributed by atoms with van der Waals surface area (Å²) in [6, 6.07) is 0. The first-order valence-electron chi connectivity index (χ1n) is 5.84. The van der Waals surface area contributed by atoms with Crippen LogP contribution in [0.25, 0.3) is 0 Å². The van der Waals surface area contributed by atoms with Crippen molar-refractivity contribution in [2.45, 2.75) is 32.2 Å². The number of aliphatic hydroxyl groups excluding tert-OH is 2. The van der Waals surface area contributed by atoms with Gasteiger partial charge in [0.25, 0.3) is 5.56 Å². The van der Waals surface area contributed by atoms with Gasteiger partial charge in [0.2, 0.25) is 5.75 Å². The van der Waals surface area contributed by atoms with Crippen LogP contribution in [0.4, 0.5) is 0 Å². The van der Waals surface area contributed by atoms with Crippen molar-refractivity contribution in [2.24, 2.45) is 0 Å². The van der Waals surface area contributed by atoms with E-state index >= 15 is 0 Å². The van der Waals surface area contributed by atoms with Crippen LogP contribution < -0.4 is 11.2 Å². The van der Waals surface area contributed by atoms with Crippen molar-refractivity contribution in [1.29, 1.82) is 0 Å². The van der Waals surface area contributed by atoms with Gasteiger partial charge in [-0.1, -0.05) is 0 Å². The third-order valence-electron chi connectivity index (χ3n) is 2.80. The molecule has 7 nitrogen and oxygen atoms in total. The highest BCUT2D eigenvalue weighted by atomic mass is 35.5. The van der Waals surface area contributed by atoms with Crippen LogP contribution in [0.3, 0.4) is 0 Å². The lowest BCUT2D eigenvalue weighted by Crippen LogP contribution is -2.44. The van der Waals surface area contributed by atoms with E-state index in [1.165, 1.54) is 6.92 Å². The zero-order chi connectivity index (χ0) is 15.4. The Balaban J connectivity index is 3.39. The van der Waals surface area contributed by atoms with E-state index in [9.17, 15) is 24.9 Å². The fraction of sp³-hybridized carbons (Fsp3) is 0.636. The van der Waals surface area contributed by atoms with Crippen LogP contribution in [0, 0.1) is 6.92 Å². The maximum Gasteiger partial charge on any atom is 0.331 e. The lowest BCUT2D eigenvalue weighted by molar-refractivity contribution is 0.162. The number of nitrogens with zero attached hydrogens (tertiary/aromatic N) is 2. The number of rotatable bonds is 6. The van der Waals surface area contributed by atoms with Crippen LogP contribution in [0.15, 0.2) is 9.59 Å². The molecule has 1 heterocycles. The highest BCUT2D eigenvalue weighted by molar-refractivity contribution is 6.18. The van der Waals surface area contributed by atoms with E-state index in [0.29, 0.717) is 4.57 Å². The first kappa shape index (κ1) is 17.0. The Morgan fingerprint density at radius 1 is 1.05 bits per heavy atom. The van der Waals surface area contributed by atoms with Gasteiger partial charge >= 0.3 is 5.69 Å². The van der Waals surface area contributed by atoms with Gasteiger partial charge in [-0.15, -0.1) is 23.2 Å². The van der Waals surface area contributed by atoms with Crippen molar-refractivity contribution in [3.63, 3.8) is 0 Å². The fourth-order valence-corrected chi connectivity index (χ4v) is 1.88. The second-order valence-corrected chi connectivity index (χ2v) is 4.98. The zero-order valence-electron chi connectivity index (χ0n) is 10.8. The average Bonchev–Trinajstić information content (AvgIpc) is 2.45. The Kier molecular flexibility index (Phi) is 6.07. The average molecular weight is 327 g/mol. The molecule has 0 aliphatic carbocycles. The summed E-state index contributed by atoms with van der Waals surface area (Å²) in [5.74, 6) is -0.880. The van der Waals surface area contributed by atoms with Gasteiger partial charge in [-0.2, -0.15) is 0 Å². The molecular formula is C11H16Cl2N2O5. The Hall–Kier alpha value is -1.02. The van der Waals surface area contributed by atoms with E-state index in [1.807, 2.05) is 0 Å². The summed E-state index contributed by atoms with van der Waals surface area (Å²) in [5, 5.41) is 28.7. The molecule has 1 aromatic rings. The van der Waals surface area contributed by atoms with Crippen LogP contribution in [0.1, 0.15) is 5.69 Å². The molecule has 1 aromatic heterocycles. The smallest absolute Gasteiger partial charge is 0.331 e. The zero-order valence-corrected chi connectivity index (χ0v) is 12.3. The molecule has 1 rings (SSSR count). The molecule has 0 bridgehead atoms. The van der Waals surface area contributed by atoms with E-state index < -0.39 is 29.2 Å². The number of hydrogen-bond acceptors (Lipinski definition) is 5. The van der Waals surface area contributed by atoms with Crippen LogP contribution >= 0.6 is 23.2 Å². The molecule has 0 saturated carbocycles. The summed E-state index contributed by atoms with van der Waals surface area (Å²) in [6.07, 6.45) is -2.10. The number of aliphatic hydroxyl groups is 2. The minimum atomic E-state index is -1.10. The van der Waals surface area contributed by atoms with Crippen molar-refractivity contribution >= 4 is 23.2 Å². The van der Waals surface area contributed by atoms with E-state index in [1.54, 1.807) is 0 Å². The molecule has 0 aliphatic heterocycles. The highest BCUT2D eigenvalue weighted by Gasteiger charge is 2.19. The number of aromatic nitrogens is 2. The summed E-state index contributed by atoms with van der Waals surface area (Å²) in [5.41, 5.74) is -1.63. The molecule has 20 heavy (non-hydrogen) atoms. The Labute approximate surface area is 124 Å². The number of alkyl halides is 2. The second kappa shape index (κ2) is 7.12. The Morgan fingerprint density at radius 3 is 1.95 bits per heavy atom. The molecule has 3 N–H and O–H groups in total. The van der Waals surface area contributed by atoms with Crippen molar-refractivity contribution in [2.75, 3.05) is 11.8 Å². The molecule has 0 spiro atoms. The quantitative estimate of drug-likeness (QED) is 0.595. The number of aromatic hydroxyl groups is 1. The second-order valence-electron chi connectivity index (χ2n) is 4.36. The van der Waals surface area contributed by atoms with Gasteiger partial charge in [0.1, 0.15) is 0 Å². The number of halogens is 2. The molecule has 114 valence electrons. The predicted octanol–water partition coefficient (Wildman–Crippen LogP) is -0.777. The van der Waals surface area contributed by atoms with Crippen LogP contribution in [0.5, 0.6) is 5.75 Å². The van der Waals surface area contributed by atoms with Gasteiger partial charge < -0.3 is 15.3 Å². The normalized spacial score (nSPS) is 14.2. The lowest BCUT2D eigenvalue weighted by Gasteiger charge is -2.17.